The van der Waals surface area contributed by atoms with E-state index in [-0.39, 0.29) is 12.1 Å². The molecule has 0 saturated carbocycles. The molecule has 0 spiro atoms. The molecule has 0 radical (unpaired) electrons. The summed E-state index contributed by atoms with van der Waals surface area (Å²) in [7, 11) is 3.62. The lowest BCUT2D eigenvalue weighted by molar-refractivity contribution is -0.138. The van der Waals surface area contributed by atoms with Crippen LogP contribution in [-0.2, 0) is 11.3 Å². The molecule has 1 aromatic carbocycles. The van der Waals surface area contributed by atoms with Gasteiger partial charge in [0.25, 0.3) is 0 Å². The molecule has 0 heterocycles. The first-order valence-corrected chi connectivity index (χ1v) is 5.45. The van der Waals surface area contributed by atoms with Gasteiger partial charge in [-0.3, -0.25) is 4.79 Å². The van der Waals surface area contributed by atoms with E-state index < -0.39 is 23.5 Å². The fourth-order valence-electron chi connectivity index (χ4n) is 1.76. The number of nitrogens with zero attached hydrogens (tertiary/aromatic N) is 1. The van der Waals surface area contributed by atoms with E-state index >= 15 is 0 Å². The highest BCUT2D eigenvalue weighted by Gasteiger charge is 2.24. The third-order valence-electron chi connectivity index (χ3n) is 2.56. The standard InChI is InChI=1S/C12H17FN2O3/c1-15(2)6-7-3-8(9(5-14)12(17)18)11(16)10(13)4-7/h3-4,9,16H,5-6,14H2,1-2H3,(H,17,18). The van der Waals surface area contributed by atoms with E-state index in [1.54, 1.807) is 0 Å². The third kappa shape index (κ3) is 3.18. The molecule has 0 amide bonds. The van der Waals surface area contributed by atoms with E-state index in [4.69, 9.17) is 10.8 Å². The van der Waals surface area contributed by atoms with Crippen molar-refractivity contribution >= 4 is 5.97 Å². The van der Waals surface area contributed by atoms with Crippen LogP contribution in [0.5, 0.6) is 5.75 Å². The monoisotopic (exact) mass is 256 g/mol. The van der Waals surface area contributed by atoms with E-state index in [9.17, 15) is 14.3 Å². The number of hydrogen-bond donors (Lipinski definition) is 3. The summed E-state index contributed by atoms with van der Waals surface area (Å²) in [5.41, 5.74) is 5.95. The SMILES string of the molecule is CN(C)Cc1cc(F)c(O)c(C(CN)C(=O)O)c1. The van der Waals surface area contributed by atoms with Crippen molar-refractivity contribution in [3.8, 4) is 5.75 Å². The predicted octanol–water partition coefficient (Wildman–Crippen LogP) is 0.720. The number of carboxylic acid groups (broad SMARTS) is 1. The van der Waals surface area contributed by atoms with Crippen LogP contribution in [0.2, 0.25) is 0 Å². The van der Waals surface area contributed by atoms with Gasteiger partial charge in [-0.05, 0) is 31.8 Å². The van der Waals surface area contributed by atoms with Crippen LogP contribution in [0.25, 0.3) is 0 Å². The molecule has 1 unspecified atom stereocenters. The number of aromatic hydroxyl groups is 1. The van der Waals surface area contributed by atoms with Gasteiger partial charge in [0.2, 0.25) is 0 Å². The maximum atomic E-state index is 13.5. The highest BCUT2D eigenvalue weighted by Crippen LogP contribution is 2.30. The van der Waals surface area contributed by atoms with E-state index in [0.717, 1.165) is 0 Å². The van der Waals surface area contributed by atoms with Crippen molar-refractivity contribution in [3.63, 3.8) is 0 Å². The summed E-state index contributed by atoms with van der Waals surface area (Å²) < 4.78 is 13.5. The number of carbonyl (C=O) groups is 1. The first-order chi connectivity index (χ1) is 8.36. The van der Waals surface area contributed by atoms with Crippen LogP contribution in [0.3, 0.4) is 0 Å². The molecule has 0 aromatic heterocycles. The Hall–Kier alpha value is -1.66. The molecule has 0 aliphatic carbocycles. The quantitative estimate of drug-likeness (QED) is 0.722. The number of benzene rings is 1. The van der Waals surface area contributed by atoms with E-state index in [0.29, 0.717) is 12.1 Å². The summed E-state index contributed by atoms with van der Waals surface area (Å²) in [6.07, 6.45) is 0. The second-order valence-corrected chi connectivity index (χ2v) is 4.38. The predicted molar refractivity (Wildman–Crippen MR) is 64.9 cm³/mol. The Labute approximate surface area is 105 Å². The van der Waals surface area contributed by atoms with Gasteiger partial charge in [0, 0.05) is 18.7 Å². The number of carboxylic acids is 1. The van der Waals surface area contributed by atoms with Gasteiger partial charge in [0.1, 0.15) is 0 Å². The van der Waals surface area contributed by atoms with Crippen molar-refractivity contribution in [2.24, 2.45) is 5.73 Å². The van der Waals surface area contributed by atoms with E-state index in [1.807, 2.05) is 19.0 Å². The van der Waals surface area contributed by atoms with Crippen molar-refractivity contribution in [1.82, 2.24) is 4.90 Å². The first-order valence-electron chi connectivity index (χ1n) is 5.45. The molecule has 4 N–H and O–H groups in total. The van der Waals surface area contributed by atoms with Gasteiger partial charge >= 0.3 is 5.97 Å². The maximum Gasteiger partial charge on any atom is 0.312 e. The fourth-order valence-corrected chi connectivity index (χ4v) is 1.76. The Bertz CT molecular complexity index is 449. The van der Waals surface area contributed by atoms with Gasteiger partial charge < -0.3 is 20.8 Å². The zero-order valence-corrected chi connectivity index (χ0v) is 10.4. The lowest BCUT2D eigenvalue weighted by Crippen LogP contribution is -2.22. The van der Waals surface area contributed by atoms with Crippen molar-refractivity contribution in [3.05, 3.63) is 29.1 Å². The number of hydrogen-bond acceptors (Lipinski definition) is 4. The summed E-state index contributed by atoms with van der Waals surface area (Å²) in [4.78, 5) is 12.8. The maximum absolute atomic E-state index is 13.5. The third-order valence-corrected chi connectivity index (χ3v) is 2.56. The first kappa shape index (κ1) is 14.4. The van der Waals surface area contributed by atoms with Gasteiger partial charge in [-0.15, -0.1) is 0 Å². The highest BCUT2D eigenvalue weighted by atomic mass is 19.1. The van der Waals surface area contributed by atoms with Gasteiger partial charge in [0.15, 0.2) is 11.6 Å². The van der Waals surface area contributed by atoms with Crippen molar-refractivity contribution in [2.45, 2.75) is 12.5 Å². The fraction of sp³-hybridized carbons (Fsp3) is 0.417. The van der Waals surface area contributed by atoms with Gasteiger partial charge in [-0.2, -0.15) is 0 Å². The molecule has 5 nitrogen and oxygen atoms in total. The summed E-state index contributed by atoms with van der Waals surface area (Å²) >= 11 is 0. The minimum absolute atomic E-state index is 0.0156. The Kier molecular flexibility index (Phi) is 4.63. The largest absolute Gasteiger partial charge is 0.505 e. The van der Waals surface area contributed by atoms with Crippen LogP contribution >= 0.6 is 0 Å². The topological polar surface area (TPSA) is 86.8 Å². The van der Waals surface area contributed by atoms with Gasteiger partial charge in [-0.25, -0.2) is 4.39 Å². The molecular formula is C12H17FN2O3. The number of rotatable bonds is 5. The zero-order valence-electron chi connectivity index (χ0n) is 10.4. The summed E-state index contributed by atoms with van der Waals surface area (Å²) in [5, 5.41) is 18.6. The van der Waals surface area contributed by atoms with Gasteiger partial charge in [-0.1, -0.05) is 0 Å². The number of phenols is 1. The molecule has 6 heteroatoms. The van der Waals surface area contributed by atoms with E-state index in [1.165, 1.54) is 12.1 Å². The lowest BCUT2D eigenvalue weighted by Gasteiger charge is -2.16. The average molecular weight is 256 g/mol. The van der Waals surface area contributed by atoms with Crippen molar-refractivity contribution in [1.29, 1.82) is 0 Å². The molecule has 100 valence electrons. The average Bonchev–Trinajstić information content (AvgIpc) is 2.24. The molecule has 1 rings (SSSR count). The molecule has 0 fully saturated rings. The summed E-state index contributed by atoms with van der Waals surface area (Å²) in [5.74, 6) is -3.77. The molecule has 0 aliphatic rings. The smallest absolute Gasteiger partial charge is 0.312 e. The molecule has 0 aliphatic heterocycles. The summed E-state index contributed by atoms with van der Waals surface area (Å²) in [6.45, 7) is 0.245. The van der Waals surface area contributed by atoms with Crippen molar-refractivity contribution in [2.75, 3.05) is 20.6 Å². The Balaban J connectivity index is 3.24. The van der Waals surface area contributed by atoms with Crippen LogP contribution in [0, 0.1) is 5.82 Å². The highest BCUT2D eigenvalue weighted by molar-refractivity contribution is 5.77. The lowest BCUT2D eigenvalue weighted by atomic mass is 9.96. The molecule has 1 aromatic rings. The second kappa shape index (κ2) is 5.79. The van der Waals surface area contributed by atoms with Crippen molar-refractivity contribution < 1.29 is 19.4 Å². The molecule has 18 heavy (non-hydrogen) atoms. The zero-order chi connectivity index (χ0) is 13.9. The number of aliphatic carboxylic acids is 1. The number of phenolic OH excluding ortho intramolecular Hbond substituents is 1. The summed E-state index contributed by atoms with van der Waals surface area (Å²) in [6, 6.07) is 2.67. The van der Waals surface area contributed by atoms with Crippen LogP contribution in [0.4, 0.5) is 4.39 Å². The second-order valence-electron chi connectivity index (χ2n) is 4.38. The molecule has 0 bridgehead atoms. The molecule has 0 saturated heterocycles. The van der Waals surface area contributed by atoms with Crippen LogP contribution in [0.15, 0.2) is 12.1 Å². The van der Waals surface area contributed by atoms with Gasteiger partial charge in [0.05, 0.1) is 5.92 Å². The minimum atomic E-state index is -1.19. The Morgan fingerprint density at radius 3 is 2.56 bits per heavy atom. The van der Waals surface area contributed by atoms with Crippen LogP contribution < -0.4 is 5.73 Å². The minimum Gasteiger partial charge on any atom is -0.505 e. The Morgan fingerprint density at radius 2 is 2.11 bits per heavy atom. The van der Waals surface area contributed by atoms with Crippen LogP contribution in [0.1, 0.15) is 17.0 Å². The van der Waals surface area contributed by atoms with Crippen LogP contribution in [-0.4, -0.2) is 41.7 Å². The Morgan fingerprint density at radius 1 is 1.50 bits per heavy atom. The normalized spacial score (nSPS) is 12.7. The number of nitrogens with two attached hydrogens (primary N) is 1. The number of halogens is 1. The molecule has 1 atom stereocenters. The molecular weight excluding hydrogens is 239 g/mol. The van der Waals surface area contributed by atoms with E-state index in [2.05, 4.69) is 0 Å².